The zero-order chi connectivity index (χ0) is 14.5. The molecule has 0 radical (unpaired) electrons. The summed E-state index contributed by atoms with van der Waals surface area (Å²) < 4.78 is 1.71. The van der Waals surface area contributed by atoms with Crippen molar-refractivity contribution < 1.29 is 14.7 Å². The molecule has 0 spiro atoms. The summed E-state index contributed by atoms with van der Waals surface area (Å²) in [7, 11) is 1.78. The summed E-state index contributed by atoms with van der Waals surface area (Å²) in [6, 6.07) is 0. The molecule has 0 unspecified atom stereocenters. The normalized spacial score (nSPS) is 10.4. The van der Waals surface area contributed by atoms with Crippen LogP contribution in [-0.2, 0) is 23.1 Å². The number of aryl methyl sites for hydroxylation is 1. The number of thiazole rings is 1. The van der Waals surface area contributed by atoms with Crippen molar-refractivity contribution in [1.82, 2.24) is 19.7 Å². The number of carboxylic acids is 1. The van der Waals surface area contributed by atoms with Crippen LogP contribution in [0.2, 0.25) is 0 Å². The van der Waals surface area contributed by atoms with Gasteiger partial charge in [0.1, 0.15) is 6.33 Å². The molecule has 0 aromatic carbocycles. The van der Waals surface area contributed by atoms with Crippen LogP contribution in [0.4, 0.5) is 5.13 Å². The number of anilines is 1. The van der Waals surface area contributed by atoms with E-state index in [1.807, 2.05) is 0 Å². The van der Waals surface area contributed by atoms with E-state index >= 15 is 0 Å². The lowest BCUT2D eigenvalue weighted by Crippen LogP contribution is -2.24. The molecule has 20 heavy (non-hydrogen) atoms. The van der Waals surface area contributed by atoms with Crippen LogP contribution in [-0.4, -0.2) is 37.4 Å². The monoisotopic (exact) mass is 312 g/mol. The van der Waals surface area contributed by atoms with E-state index in [4.69, 9.17) is 0 Å². The van der Waals surface area contributed by atoms with Crippen LogP contribution in [0.1, 0.15) is 5.69 Å². The Morgan fingerprint density at radius 2 is 2.35 bits per heavy atom. The molecular formula is C10H10N5O3S2-. The van der Waals surface area contributed by atoms with Crippen LogP contribution >= 0.6 is 23.1 Å². The van der Waals surface area contributed by atoms with Gasteiger partial charge >= 0.3 is 0 Å². The van der Waals surface area contributed by atoms with E-state index in [1.165, 1.54) is 23.1 Å². The van der Waals surface area contributed by atoms with E-state index in [1.54, 1.807) is 23.3 Å². The van der Waals surface area contributed by atoms with Gasteiger partial charge in [-0.05, 0) is 0 Å². The third-order valence-corrected chi connectivity index (χ3v) is 3.97. The highest BCUT2D eigenvalue weighted by atomic mass is 32.2. The summed E-state index contributed by atoms with van der Waals surface area (Å²) in [6.45, 7) is 0. The smallest absolute Gasteiger partial charge is 0.236 e. The predicted molar refractivity (Wildman–Crippen MR) is 71.2 cm³/mol. The predicted octanol–water partition coefficient (Wildman–Crippen LogP) is -0.705. The summed E-state index contributed by atoms with van der Waals surface area (Å²) in [6.07, 6.45) is 1.29. The highest BCUT2D eigenvalue weighted by molar-refractivity contribution is 7.99. The number of thioether (sulfide) groups is 1. The van der Waals surface area contributed by atoms with E-state index < -0.39 is 5.97 Å². The first-order chi connectivity index (χ1) is 9.54. The Labute approximate surface area is 122 Å². The molecule has 0 aliphatic carbocycles. The lowest BCUT2D eigenvalue weighted by molar-refractivity contribution is -0.304. The van der Waals surface area contributed by atoms with Gasteiger partial charge in [-0.25, -0.2) is 4.98 Å². The number of carbonyl (C=O) groups excluding carboxylic acids is 2. The molecule has 0 atom stereocenters. The van der Waals surface area contributed by atoms with Crippen LogP contribution in [0, 0.1) is 0 Å². The van der Waals surface area contributed by atoms with Gasteiger partial charge in [0.05, 0.1) is 11.4 Å². The zero-order valence-corrected chi connectivity index (χ0v) is 12.0. The van der Waals surface area contributed by atoms with Crippen molar-refractivity contribution in [1.29, 1.82) is 0 Å². The van der Waals surface area contributed by atoms with E-state index in [-0.39, 0.29) is 18.1 Å². The number of amides is 1. The summed E-state index contributed by atoms with van der Waals surface area (Å²) in [5, 5.41) is 23.1. The van der Waals surface area contributed by atoms with Gasteiger partial charge in [-0.3, -0.25) is 4.79 Å². The zero-order valence-electron chi connectivity index (χ0n) is 10.4. The van der Waals surface area contributed by atoms with Crippen molar-refractivity contribution in [2.45, 2.75) is 11.6 Å². The van der Waals surface area contributed by atoms with Crippen LogP contribution < -0.4 is 10.4 Å². The second-order valence-corrected chi connectivity index (χ2v) is 5.55. The number of carboxylic acid groups (broad SMARTS) is 1. The van der Waals surface area contributed by atoms with Gasteiger partial charge in [-0.2, -0.15) is 0 Å². The molecule has 1 N–H and O–H groups in total. The van der Waals surface area contributed by atoms with Gasteiger partial charge in [0.15, 0.2) is 10.3 Å². The van der Waals surface area contributed by atoms with Crippen molar-refractivity contribution in [3.63, 3.8) is 0 Å². The van der Waals surface area contributed by atoms with E-state index in [2.05, 4.69) is 20.5 Å². The minimum Gasteiger partial charge on any atom is -0.550 e. The number of rotatable bonds is 6. The molecule has 0 aliphatic rings. The van der Waals surface area contributed by atoms with Crippen LogP contribution in [0.15, 0.2) is 16.9 Å². The molecule has 0 saturated heterocycles. The number of hydrogen-bond acceptors (Lipinski definition) is 8. The fourth-order valence-corrected chi connectivity index (χ4v) is 2.70. The Hall–Kier alpha value is -1.94. The first-order valence-electron chi connectivity index (χ1n) is 5.45. The van der Waals surface area contributed by atoms with Crippen LogP contribution in [0.5, 0.6) is 0 Å². The third-order valence-electron chi connectivity index (χ3n) is 2.13. The Bertz CT molecular complexity index is 624. The van der Waals surface area contributed by atoms with Crippen molar-refractivity contribution in [2.24, 2.45) is 7.05 Å². The fourth-order valence-electron chi connectivity index (χ4n) is 1.28. The maximum Gasteiger partial charge on any atom is 0.236 e. The van der Waals surface area contributed by atoms with Gasteiger partial charge in [0, 0.05) is 24.8 Å². The summed E-state index contributed by atoms with van der Waals surface area (Å²) in [5.41, 5.74) is 0.367. The molecule has 0 aliphatic heterocycles. The second-order valence-electron chi connectivity index (χ2n) is 3.75. The number of aliphatic carboxylic acids is 1. The number of aromatic nitrogens is 4. The SMILES string of the molecule is Cn1cnnc1SCC(=O)Nc1nc(CC(=O)[O-])cs1. The highest BCUT2D eigenvalue weighted by Gasteiger charge is 2.09. The minimum absolute atomic E-state index is 0.169. The Morgan fingerprint density at radius 1 is 1.55 bits per heavy atom. The molecule has 2 heterocycles. The quantitative estimate of drug-likeness (QED) is 0.701. The van der Waals surface area contributed by atoms with Gasteiger partial charge in [0.2, 0.25) is 5.91 Å². The lowest BCUT2D eigenvalue weighted by atomic mass is 10.3. The molecule has 0 saturated carbocycles. The van der Waals surface area contributed by atoms with Gasteiger partial charge in [-0.1, -0.05) is 11.8 Å². The molecule has 2 aromatic heterocycles. The van der Waals surface area contributed by atoms with Gasteiger partial charge < -0.3 is 19.8 Å². The number of carbonyl (C=O) groups is 2. The van der Waals surface area contributed by atoms with Crippen LogP contribution in [0.3, 0.4) is 0 Å². The molecule has 10 heteroatoms. The Kier molecular flexibility index (Phi) is 4.69. The third kappa shape index (κ3) is 4.03. The second kappa shape index (κ2) is 6.48. The molecule has 1 amide bonds. The minimum atomic E-state index is -1.20. The van der Waals surface area contributed by atoms with E-state index in [0.717, 1.165) is 0 Å². The fraction of sp³-hybridized carbons (Fsp3) is 0.300. The average Bonchev–Trinajstić information content (AvgIpc) is 2.96. The number of nitrogens with one attached hydrogen (secondary N) is 1. The van der Waals surface area contributed by atoms with Gasteiger partial charge in [-0.15, -0.1) is 21.5 Å². The highest BCUT2D eigenvalue weighted by Crippen LogP contribution is 2.17. The molecule has 2 aromatic rings. The van der Waals surface area contributed by atoms with Crippen molar-refractivity contribution in [2.75, 3.05) is 11.1 Å². The maximum atomic E-state index is 11.7. The Balaban J connectivity index is 1.84. The number of hydrogen-bond donors (Lipinski definition) is 1. The van der Waals surface area contributed by atoms with Crippen molar-refractivity contribution in [3.8, 4) is 0 Å². The van der Waals surface area contributed by atoms with E-state index in [9.17, 15) is 14.7 Å². The molecule has 8 nitrogen and oxygen atoms in total. The molecular weight excluding hydrogens is 302 g/mol. The largest absolute Gasteiger partial charge is 0.550 e. The molecule has 106 valence electrons. The molecule has 2 rings (SSSR count). The van der Waals surface area contributed by atoms with Gasteiger partial charge in [0.25, 0.3) is 0 Å². The lowest BCUT2D eigenvalue weighted by Gasteiger charge is -2.01. The molecule has 0 bridgehead atoms. The first kappa shape index (κ1) is 14.5. The standard InChI is InChI=1S/C10H11N5O3S2/c1-15-5-11-14-10(15)20-4-7(16)13-9-12-6(3-19-9)2-8(17)18/h3,5H,2,4H2,1H3,(H,17,18)(H,12,13,16)/p-1. The maximum absolute atomic E-state index is 11.7. The van der Waals surface area contributed by atoms with Crippen LogP contribution in [0.25, 0.3) is 0 Å². The Morgan fingerprint density at radius 3 is 3.00 bits per heavy atom. The van der Waals surface area contributed by atoms with Crippen molar-refractivity contribution in [3.05, 3.63) is 17.4 Å². The van der Waals surface area contributed by atoms with Crippen molar-refractivity contribution >= 4 is 40.1 Å². The first-order valence-corrected chi connectivity index (χ1v) is 7.32. The molecule has 0 fully saturated rings. The topological polar surface area (TPSA) is 113 Å². The summed E-state index contributed by atoms with van der Waals surface area (Å²) in [4.78, 5) is 26.1. The average molecular weight is 312 g/mol. The summed E-state index contributed by atoms with van der Waals surface area (Å²) in [5.74, 6) is -1.28. The van der Waals surface area contributed by atoms with E-state index in [0.29, 0.717) is 16.0 Å². The number of nitrogens with zero attached hydrogens (tertiary/aromatic N) is 4. The summed E-state index contributed by atoms with van der Waals surface area (Å²) >= 11 is 2.42.